The van der Waals surface area contributed by atoms with Crippen LogP contribution < -0.4 is 16.4 Å². The van der Waals surface area contributed by atoms with Gasteiger partial charge in [-0.15, -0.1) is 0 Å². The van der Waals surface area contributed by atoms with Crippen LogP contribution in [0.3, 0.4) is 0 Å². The predicted octanol–water partition coefficient (Wildman–Crippen LogP) is 4.98. The summed E-state index contributed by atoms with van der Waals surface area (Å²) in [4.78, 5) is 22.9. The van der Waals surface area contributed by atoms with Gasteiger partial charge in [0.1, 0.15) is 5.82 Å². The van der Waals surface area contributed by atoms with E-state index in [-0.39, 0.29) is 0 Å². The molecule has 0 spiro atoms. The number of anilines is 4. The lowest BCUT2D eigenvalue weighted by Crippen LogP contribution is -2.04. The normalized spacial score (nSPS) is 11.0. The highest BCUT2D eigenvalue weighted by Crippen LogP contribution is 2.27. The van der Waals surface area contributed by atoms with Gasteiger partial charge in [0.25, 0.3) is 0 Å². The number of aromatic nitrogens is 3. The molecule has 0 bridgehead atoms. The number of hydrogen-bond acceptors (Lipinski definition) is 6. The summed E-state index contributed by atoms with van der Waals surface area (Å²) in [6.07, 6.45) is 1.74. The fourth-order valence-corrected chi connectivity index (χ4v) is 3.05. The van der Waals surface area contributed by atoms with Crippen molar-refractivity contribution < 1.29 is 4.42 Å². The van der Waals surface area contributed by atoms with Gasteiger partial charge in [0.2, 0.25) is 5.95 Å². The van der Waals surface area contributed by atoms with Gasteiger partial charge in [0.15, 0.2) is 5.58 Å². The molecular weight excluding hydrogens is 378 g/mol. The maximum atomic E-state index is 11.3. The van der Waals surface area contributed by atoms with Crippen LogP contribution in [0.25, 0.3) is 11.1 Å². The van der Waals surface area contributed by atoms with Crippen LogP contribution in [0.1, 0.15) is 16.7 Å². The van der Waals surface area contributed by atoms with Crippen molar-refractivity contribution in [3.05, 3.63) is 68.8 Å². The first-order chi connectivity index (χ1) is 13.4. The van der Waals surface area contributed by atoms with Crippen molar-refractivity contribution in [1.29, 1.82) is 0 Å². The Bertz CT molecular complexity index is 1250. The lowest BCUT2D eigenvalue weighted by Gasteiger charge is -2.13. The van der Waals surface area contributed by atoms with Crippen molar-refractivity contribution in [1.82, 2.24) is 15.0 Å². The molecule has 4 aromatic rings. The number of nitrogens with one attached hydrogen (secondary N) is 3. The van der Waals surface area contributed by atoms with Crippen molar-refractivity contribution >= 4 is 45.8 Å². The Hall–Kier alpha value is -3.32. The summed E-state index contributed by atoms with van der Waals surface area (Å²) >= 11 is 6.17. The quantitative estimate of drug-likeness (QED) is 0.451. The fourth-order valence-electron chi connectivity index (χ4n) is 2.83. The number of halogens is 1. The van der Waals surface area contributed by atoms with Crippen molar-refractivity contribution in [2.24, 2.45) is 0 Å². The molecule has 0 amide bonds. The Labute approximate surface area is 165 Å². The number of aromatic amines is 1. The van der Waals surface area contributed by atoms with Crippen LogP contribution in [0.2, 0.25) is 5.02 Å². The van der Waals surface area contributed by atoms with Crippen LogP contribution in [0.15, 0.2) is 45.7 Å². The van der Waals surface area contributed by atoms with Crippen LogP contribution in [0, 0.1) is 20.8 Å². The predicted molar refractivity (Wildman–Crippen MR) is 111 cm³/mol. The molecule has 0 aliphatic heterocycles. The number of rotatable bonds is 4. The van der Waals surface area contributed by atoms with Crippen LogP contribution in [0.5, 0.6) is 0 Å². The number of hydrogen-bond donors (Lipinski definition) is 3. The molecule has 0 aliphatic carbocycles. The van der Waals surface area contributed by atoms with Gasteiger partial charge in [0.05, 0.1) is 5.52 Å². The maximum absolute atomic E-state index is 11.3. The average Bonchev–Trinajstić information content (AvgIpc) is 3.02. The molecule has 4 rings (SSSR count). The number of fused-ring (bicyclic) bond motifs is 1. The summed E-state index contributed by atoms with van der Waals surface area (Å²) in [6.45, 7) is 5.84. The largest absolute Gasteiger partial charge is 0.417 e. The molecule has 0 saturated carbocycles. The molecule has 2 heterocycles. The Morgan fingerprint density at radius 2 is 1.86 bits per heavy atom. The zero-order chi connectivity index (χ0) is 19.8. The van der Waals surface area contributed by atoms with E-state index in [0.29, 0.717) is 22.9 Å². The Morgan fingerprint density at radius 1 is 1.04 bits per heavy atom. The van der Waals surface area contributed by atoms with Crippen molar-refractivity contribution in [3.8, 4) is 0 Å². The van der Waals surface area contributed by atoms with E-state index in [4.69, 9.17) is 16.0 Å². The second-order valence-electron chi connectivity index (χ2n) is 6.62. The maximum Gasteiger partial charge on any atom is 0.417 e. The van der Waals surface area contributed by atoms with Gasteiger partial charge in [0, 0.05) is 28.2 Å². The SMILES string of the molecule is Cc1cc(Nc2ncc(C)c(Nc3ccc4oc(=O)[nH]c4c3)n2)c(C)cc1Cl. The van der Waals surface area contributed by atoms with Gasteiger partial charge >= 0.3 is 5.76 Å². The van der Waals surface area contributed by atoms with Crippen LogP contribution in [0.4, 0.5) is 23.1 Å². The number of oxazole rings is 1. The van der Waals surface area contributed by atoms with Gasteiger partial charge < -0.3 is 15.1 Å². The molecule has 0 unspecified atom stereocenters. The van der Waals surface area contributed by atoms with E-state index in [1.54, 1.807) is 18.3 Å². The molecule has 2 aromatic heterocycles. The van der Waals surface area contributed by atoms with Gasteiger partial charge in [-0.3, -0.25) is 4.98 Å². The highest BCUT2D eigenvalue weighted by molar-refractivity contribution is 6.31. The molecule has 0 saturated heterocycles. The third-order valence-corrected chi connectivity index (χ3v) is 4.81. The van der Waals surface area contributed by atoms with Crippen molar-refractivity contribution in [2.45, 2.75) is 20.8 Å². The second-order valence-corrected chi connectivity index (χ2v) is 7.02. The molecular formula is C20H18ClN5O2. The average molecular weight is 396 g/mol. The standard InChI is InChI=1S/C20H18ClN5O2/c1-10-7-15(11(2)6-14(10)21)24-19-22-9-12(3)18(26-19)23-13-4-5-17-16(8-13)25-20(27)28-17/h4-9H,1-3H3,(H,25,27)(H2,22,23,24,26). The number of H-pyrrole nitrogens is 1. The number of benzene rings is 2. The second kappa shape index (κ2) is 7.01. The topological polar surface area (TPSA) is 95.8 Å². The van der Waals surface area contributed by atoms with Crippen LogP contribution in [-0.2, 0) is 0 Å². The van der Waals surface area contributed by atoms with Crippen molar-refractivity contribution in [2.75, 3.05) is 10.6 Å². The molecule has 2 aromatic carbocycles. The summed E-state index contributed by atoms with van der Waals surface area (Å²) in [5, 5.41) is 7.23. The monoisotopic (exact) mass is 395 g/mol. The molecule has 142 valence electrons. The molecule has 8 heteroatoms. The molecule has 0 atom stereocenters. The highest BCUT2D eigenvalue weighted by atomic mass is 35.5. The zero-order valence-corrected chi connectivity index (χ0v) is 16.3. The first-order valence-electron chi connectivity index (χ1n) is 8.66. The minimum atomic E-state index is -0.481. The fraction of sp³-hybridized carbons (Fsp3) is 0.150. The molecule has 28 heavy (non-hydrogen) atoms. The Morgan fingerprint density at radius 3 is 2.68 bits per heavy atom. The third-order valence-electron chi connectivity index (χ3n) is 4.41. The first-order valence-corrected chi connectivity index (χ1v) is 9.04. The number of aryl methyl sites for hydroxylation is 3. The Kier molecular flexibility index (Phi) is 4.52. The van der Waals surface area contributed by atoms with Crippen LogP contribution >= 0.6 is 11.6 Å². The third kappa shape index (κ3) is 3.57. The molecule has 0 aliphatic rings. The van der Waals surface area contributed by atoms with Gasteiger partial charge in [-0.25, -0.2) is 9.78 Å². The summed E-state index contributed by atoms with van der Waals surface area (Å²) < 4.78 is 5.03. The first kappa shape index (κ1) is 18.1. The van der Waals surface area contributed by atoms with E-state index in [1.165, 1.54) is 0 Å². The zero-order valence-electron chi connectivity index (χ0n) is 15.6. The van der Waals surface area contributed by atoms with E-state index in [2.05, 4.69) is 25.6 Å². The van der Waals surface area contributed by atoms with Gasteiger partial charge in [-0.1, -0.05) is 11.6 Å². The molecule has 7 nitrogen and oxygen atoms in total. The smallest absolute Gasteiger partial charge is 0.408 e. The summed E-state index contributed by atoms with van der Waals surface area (Å²) in [5.41, 5.74) is 5.66. The molecule has 0 radical (unpaired) electrons. The van der Waals surface area contributed by atoms with E-state index in [0.717, 1.165) is 33.1 Å². The minimum Gasteiger partial charge on any atom is -0.408 e. The lowest BCUT2D eigenvalue weighted by molar-refractivity contribution is 0.555. The molecule has 0 fully saturated rings. The summed E-state index contributed by atoms with van der Waals surface area (Å²) in [7, 11) is 0. The summed E-state index contributed by atoms with van der Waals surface area (Å²) in [5.74, 6) is 0.646. The van der Waals surface area contributed by atoms with E-state index in [1.807, 2.05) is 39.0 Å². The summed E-state index contributed by atoms with van der Waals surface area (Å²) in [6, 6.07) is 9.22. The van der Waals surface area contributed by atoms with Gasteiger partial charge in [-0.05, 0) is 62.2 Å². The highest BCUT2D eigenvalue weighted by Gasteiger charge is 2.09. The lowest BCUT2D eigenvalue weighted by atomic mass is 10.1. The Balaban J connectivity index is 1.63. The van der Waals surface area contributed by atoms with Gasteiger partial charge in [-0.2, -0.15) is 4.98 Å². The molecule has 3 N–H and O–H groups in total. The van der Waals surface area contributed by atoms with Crippen molar-refractivity contribution in [3.63, 3.8) is 0 Å². The van der Waals surface area contributed by atoms with E-state index < -0.39 is 5.76 Å². The minimum absolute atomic E-state index is 0.468. The van der Waals surface area contributed by atoms with Crippen LogP contribution in [-0.4, -0.2) is 15.0 Å². The number of nitrogens with zero attached hydrogens (tertiary/aromatic N) is 2. The van der Waals surface area contributed by atoms with E-state index >= 15 is 0 Å². The van der Waals surface area contributed by atoms with E-state index in [9.17, 15) is 4.79 Å².